The Labute approximate surface area is 250 Å². The molecule has 13 heteroatoms. The SMILES string of the molecule is C=CC(=O)Nc1cc(N=C(N)/C=C(\NN)N2OCC[C@@H]2c2ccc(Cl)cc2F)c(OC)cc1N1CCC(N(C)C)CC1. The number of aliphatic imine (C=N–C) groups is 1. The average Bonchev–Trinajstić information content (AvgIpc) is 3.45. The molecule has 0 unspecified atom stereocenters. The lowest BCUT2D eigenvalue weighted by Crippen LogP contribution is -2.42. The van der Waals surface area contributed by atoms with Crippen LogP contribution in [0.4, 0.5) is 21.5 Å². The molecule has 2 heterocycles. The number of ether oxygens (including phenoxy) is 1. The minimum Gasteiger partial charge on any atom is -0.494 e. The summed E-state index contributed by atoms with van der Waals surface area (Å²) in [7, 11) is 5.71. The molecule has 0 spiro atoms. The number of hydroxylamine groups is 2. The zero-order chi connectivity index (χ0) is 30.4. The Balaban J connectivity index is 1.66. The van der Waals surface area contributed by atoms with Crippen molar-refractivity contribution in [3.05, 3.63) is 71.3 Å². The number of nitrogens with one attached hydrogen (secondary N) is 2. The molecule has 2 aromatic rings. The molecular formula is C29H38ClFN8O3. The number of hydrogen-bond donors (Lipinski definition) is 4. The molecule has 0 radical (unpaired) electrons. The van der Waals surface area contributed by atoms with Gasteiger partial charge in [-0.05, 0) is 51.2 Å². The van der Waals surface area contributed by atoms with Gasteiger partial charge in [0.15, 0.2) is 0 Å². The number of hydrogen-bond acceptors (Lipinski definition) is 9. The largest absolute Gasteiger partial charge is 0.494 e. The number of methoxy groups -OCH3 is 1. The Hall–Kier alpha value is -3.84. The monoisotopic (exact) mass is 600 g/mol. The van der Waals surface area contributed by atoms with Crippen LogP contribution in [0.5, 0.6) is 5.75 Å². The van der Waals surface area contributed by atoms with E-state index in [1.54, 1.807) is 25.3 Å². The van der Waals surface area contributed by atoms with Crippen molar-refractivity contribution in [3.63, 3.8) is 0 Å². The van der Waals surface area contributed by atoms with Gasteiger partial charge in [-0.3, -0.25) is 9.63 Å². The number of rotatable bonds is 10. The number of benzene rings is 2. The van der Waals surface area contributed by atoms with Crippen molar-refractivity contribution < 1.29 is 18.8 Å². The number of carbonyl (C=O) groups is 1. The molecule has 0 bridgehead atoms. The first-order valence-corrected chi connectivity index (χ1v) is 14.0. The predicted octanol–water partition coefficient (Wildman–Crippen LogP) is 3.81. The molecule has 2 aliphatic rings. The lowest BCUT2D eigenvalue weighted by Gasteiger charge is -2.37. The Bertz CT molecular complexity index is 1360. The van der Waals surface area contributed by atoms with E-state index in [1.807, 2.05) is 6.07 Å². The van der Waals surface area contributed by atoms with Crippen molar-refractivity contribution in [2.45, 2.75) is 31.3 Å². The van der Waals surface area contributed by atoms with Crippen LogP contribution in [0.2, 0.25) is 5.02 Å². The minimum absolute atomic E-state index is 0.0626. The summed E-state index contributed by atoms with van der Waals surface area (Å²) in [4.78, 5) is 27.1. The van der Waals surface area contributed by atoms with E-state index < -0.39 is 11.9 Å². The van der Waals surface area contributed by atoms with Gasteiger partial charge in [-0.25, -0.2) is 20.3 Å². The van der Waals surface area contributed by atoms with Crippen LogP contribution >= 0.6 is 11.6 Å². The van der Waals surface area contributed by atoms with E-state index in [2.05, 4.69) is 46.2 Å². The highest BCUT2D eigenvalue weighted by Gasteiger charge is 2.31. The molecule has 0 saturated carbocycles. The summed E-state index contributed by atoms with van der Waals surface area (Å²) >= 11 is 5.93. The fourth-order valence-corrected chi connectivity index (χ4v) is 5.38. The van der Waals surface area contributed by atoms with Gasteiger partial charge >= 0.3 is 0 Å². The van der Waals surface area contributed by atoms with Gasteiger partial charge in [-0.15, -0.1) is 0 Å². The van der Waals surface area contributed by atoms with Crippen molar-refractivity contribution in [2.24, 2.45) is 16.6 Å². The van der Waals surface area contributed by atoms with Gasteiger partial charge in [-0.2, -0.15) is 0 Å². The number of hydrazine groups is 1. The molecule has 2 saturated heterocycles. The van der Waals surface area contributed by atoms with E-state index in [9.17, 15) is 9.18 Å². The molecule has 226 valence electrons. The number of nitrogens with two attached hydrogens (primary N) is 2. The van der Waals surface area contributed by atoms with Crippen molar-refractivity contribution in [1.82, 2.24) is 15.4 Å². The molecule has 2 aromatic carbocycles. The molecule has 6 N–H and O–H groups in total. The molecular weight excluding hydrogens is 563 g/mol. The molecule has 4 rings (SSSR count). The Morgan fingerprint density at radius 3 is 2.62 bits per heavy atom. The molecule has 2 fully saturated rings. The van der Waals surface area contributed by atoms with E-state index in [4.69, 9.17) is 32.8 Å². The second-order valence-electron chi connectivity index (χ2n) is 10.3. The number of halogens is 2. The van der Waals surface area contributed by atoms with Gasteiger partial charge in [0.1, 0.15) is 28.9 Å². The standard InChI is InChI=1S/C29H38ClFN8O3/c1-5-29(40)35-22-15-23(26(41-4)16-25(22)38-11-8-19(9-12-38)37(2)3)34-27(32)17-28(36-33)39-24(10-13-42-39)20-7-6-18(30)14-21(20)31/h5-7,14-17,19,24,36H,1,8-13,33H2,2-4H3,(H2,32,34)(H,35,40)/b28-17+/t24-/m1/s1. The number of carbonyl (C=O) groups excluding carboxylic acids is 1. The summed E-state index contributed by atoms with van der Waals surface area (Å²) in [5.41, 5.74) is 11.1. The van der Waals surface area contributed by atoms with Crippen LogP contribution in [0.1, 0.15) is 30.9 Å². The molecule has 0 aliphatic carbocycles. The van der Waals surface area contributed by atoms with E-state index in [0.29, 0.717) is 46.8 Å². The number of piperidine rings is 1. The van der Waals surface area contributed by atoms with Crippen molar-refractivity contribution in [3.8, 4) is 5.75 Å². The average molecular weight is 601 g/mol. The van der Waals surface area contributed by atoms with Crippen LogP contribution in [0, 0.1) is 5.82 Å². The fraction of sp³-hybridized carbons (Fsp3) is 0.379. The molecule has 2 aliphatic heterocycles. The smallest absolute Gasteiger partial charge is 0.247 e. The van der Waals surface area contributed by atoms with Gasteiger partial charge in [0.2, 0.25) is 5.91 Å². The maximum Gasteiger partial charge on any atom is 0.247 e. The van der Waals surface area contributed by atoms with Gasteiger partial charge in [0.05, 0.1) is 31.1 Å². The highest BCUT2D eigenvalue weighted by atomic mass is 35.5. The summed E-state index contributed by atoms with van der Waals surface area (Å²) in [6, 6.07) is 8.07. The van der Waals surface area contributed by atoms with Crippen LogP contribution in [0.3, 0.4) is 0 Å². The van der Waals surface area contributed by atoms with Crippen LogP contribution < -0.4 is 32.0 Å². The summed E-state index contributed by atoms with van der Waals surface area (Å²) in [5, 5.41) is 4.65. The van der Waals surface area contributed by atoms with Gasteiger partial charge < -0.3 is 31.0 Å². The highest BCUT2D eigenvalue weighted by molar-refractivity contribution is 6.30. The summed E-state index contributed by atoms with van der Waals surface area (Å²) in [5.74, 6) is 5.82. The highest BCUT2D eigenvalue weighted by Crippen LogP contribution is 2.40. The minimum atomic E-state index is -0.469. The first-order valence-electron chi connectivity index (χ1n) is 13.6. The predicted molar refractivity (Wildman–Crippen MR) is 164 cm³/mol. The summed E-state index contributed by atoms with van der Waals surface area (Å²) in [6.45, 7) is 5.54. The summed E-state index contributed by atoms with van der Waals surface area (Å²) < 4.78 is 20.4. The van der Waals surface area contributed by atoms with Crippen molar-refractivity contribution >= 4 is 40.4 Å². The maximum absolute atomic E-state index is 14.7. The topological polar surface area (TPSA) is 134 Å². The number of amides is 1. The quantitative estimate of drug-likeness (QED) is 0.106. The first kappa shape index (κ1) is 31.1. The summed E-state index contributed by atoms with van der Waals surface area (Å²) in [6.07, 6.45) is 5.17. The third kappa shape index (κ3) is 7.13. The van der Waals surface area contributed by atoms with Crippen LogP contribution in [-0.4, -0.2) is 68.6 Å². The zero-order valence-corrected chi connectivity index (χ0v) is 24.8. The zero-order valence-electron chi connectivity index (χ0n) is 24.1. The normalized spacial score (nSPS) is 18.4. The fourth-order valence-electron chi connectivity index (χ4n) is 5.22. The molecule has 1 amide bonds. The van der Waals surface area contributed by atoms with E-state index in [1.165, 1.54) is 23.3 Å². The van der Waals surface area contributed by atoms with Crippen molar-refractivity contribution in [1.29, 1.82) is 0 Å². The third-order valence-corrected chi connectivity index (χ3v) is 7.66. The van der Waals surface area contributed by atoms with Crippen LogP contribution in [-0.2, 0) is 9.63 Å². The Morgan fingerprint density at radius 2 is 2.00 bits per heavy atom. The maximum atomic E-state index is 14.7. The number of anilines is 2. The van der Waals surface area contributed by atoms with E-state index in [-0.39, 0.29) is 17.6 Å². The second kappa shape index (κ2) is 13.9. The molecule has 42 heavy (non-hydrogen) atoms. The van der Waals surface area contributed by atoms with E-state index in [0.717, 1.165) is 31.6 Å². The van der Waals surface area contributed by atoms with Crippen LogP contribution in [0.15, 0.2) is 59.9 Å². The van der Waals surface area contributed by atoms with Crippen LogP contribution in [0.25, 0.3) is 0 Å². The van der Waals surface area contributed by atoms with Gasteiger partial charge in [-0.1, -0.05) is 24.2 Å². The number of nitrogens with zero attached hydrogens (tertiary/aromatic N) is 4. The second-order valence-corrected chi connectivity index (χ2v) is 10.7. The lowest BCUT2D eigenvalue weighted by molar-refractivity contribution is -0.111. The molecule has 11 nitrogen and oxygen atoms in total. The van der Waals surface area contributed by atoms with Crippen molar-refractivity contribution in [2.75, 3.05) is 51.1 Å². The van der Waals surface area contributed by atoms with Gasteiger partial charge in [0.25, 0.3) is 0 Å². The van der Waals surface area contributed by atoms with Gasteiger partial charge in [0, 0.05) is 48.3 Å². The lowest BCUT2D eigenvalue weighted by atomic mass is 10.0. The first-order chi connectivity index (χ1) is 20.1. The molecule has 0 aromatic heterocycles. The number of amidine groups is 1. The van der Waals surface area contributed by atoms with E-state index >= 15 is 0 Å². The third-order valence-electron chi connectivity index (χ3n) is 7.42. The Morgan fingerprint density at radius 1 is 1.26 bits per heavy atom. The Kier molecular flexibility index (Phi) is 10.3. The molecule has 1 atom stereocenters.